The molecule has 5 heteroatoms. The van der Waals surface area contributed by atoms with Crippen LogP contribution in [-0.4, -0.2) is 22.8 Å². The molecule has 2 heterocycles. The Hall–Kier alpha value is -1.39. The minimum absolute atomic E-state index is 0.0371. The van der Waals surface area contributed by atoms with Gasteiger partial charge in [0.15, 0.2) is 0 Å². The van der Waals surface area contributed by atoms with Crippen LogP contribution in [0.5, 0.6) is 0 Å². The van der Waals surface area contributed by atoms with Crippen LogP contribution >= 0.6 is 22.9 Å². The second-order valence-corrected chi connectivity index (χ2v) is 6.00. The van der Waals surface area contributed by atoms with Crippen molar-refractivity contribution in [2.24, 2.45) is 0 Å². The third-order valence-electron chi connectivity index (χ3n) is 3.31. The number of hydrogen-bond acceptors (Lipinski definition) is 3. The highest BCUT2D eigenvalue weighted by atomic mass is 35.5. The molecule has 2 aromatic rings. The SMILES string of the molecule is CCc1cc(C(=O)N(C)C(C)c2cccs2)cc(Cl)n1. The fourth-order valence-electron chi connectivity index (χ4n) is 1.96. The number of hydrogen-bond donors (Lipinski definition) is 0. The second kappa shape index (κ2) is 6.37. The van der Waals surface area contributed by atoms with Gasteiger partial charge in [-0.15, -0.1) is 11.3 Å². The van der Waals surface area contributed by atoms with Crippen LogP contribution in [-0.2, 0) is 6.42 Å². The third-order valence-corrected chi connectivity index (χ3v) is 4.55. The van der Waals surface area contributed by atoms with Gasteiger partial charge in [0.25, 0.3) is 5.91 Å². The van der Waals surface area contributed by atoms with Gasteiger partial charge in [0.05, 0.1) is 6.04 Å². The lowest BCUT2D eigenvalue weighted by Gasteiger charge is -2.24. The predicted octanol–water partition coefficient (Wildman–Crippen LogP) is 4.19. The summed E-state index contributed by atoms with van der Waals surface area (Å²) in [4.78, 5) is 19.6. The molecule has 0 saturated heterocycles. The molecule has 0 spiro atoms. The number of aromatic nitrogens is 1. The molecular weight excluding hydrogens is 292 g/mol. The van der Waals surface area contributed by atoms with E-state index in [-0.39, 0.29) is 11.9 Å². The van der Waals surface area contributed by atoms with E-state index in [0.29, 0.717) is 10.7 Å². The summed E-state index contributed by atoms with van der Waals surface area (Å²) >= 11 is 7.63. The summed E-state index contributed by atoms with van der Waals surface area (Å²) in [5.74, 6) is -0.0371. The van der Waals surface area contributed by atoms with Gasteiger partial charge in [-0.2, -0.15) is 0 Å². The summed E-state index contributed by atoms with van der Waals surface area (Å²) in [6, 6.07) is 7.51. The largest absolute Gasteiger partial charge is 0.334 e. The molecule has 0 aliphatic heterocycles. The molecule has 1 amide bonds. The predicted molar refractivity (Wildman–Crippen MR) is 83.5 cm³/mol. The van der Waals surface area contributed by atoms with Crippen molar-refractivity contribution in [3.8, 4) is 0 Å². The summed E-state index contributed by atoms with van der Waals surface area (Å²) in [7, 11) is 1.81. The van der Waals surface area contributed by atoms with E-state index in [9.17, 15) is 4.79 Å². The first-order valence-electron chi connectivity index (χ1n) is 6.50. The summed E-state index contributed by atoms with van der Waals surface area (Å²) in [6.45, 7) is 4.01. The zero-order valence-electron chi connectivity index (χ0n) is 11.8. The van der Waals surface area contributed by atoms with Crippen LogP contribution in [0.3, 0.4) is 0 Å². The van der Waals surface area contributed by atoms with Crippen molar-refractivity contribution >= 4 is 28.8 Å². The Morgan fingerprint density at radius 1 is 1.50 bits per heavy atom. The zero-order chi connectivity index (χ0) is 14.7. The van der Waals surface area contributed by atoms with Crippen LogP contribution in [0.4, 0.5) is 0 Å². The molecular formula is C15H17ClN2OS. The molecule has 0 aromatic carbocycles. The summed E-state index contributed by atoms with van der Waals surface area (Å²) in [5, 5.41) is 2.38. The topological polar surface area (TPSA) is 33.2 Å². The number of amides is 1. The van der Waals surface area contributed by atoms with E-state index in [1.807, 2.05) is 44.5 Å². The van der Waals surface area contributed by atoms with Crippen LogP contribution in [0.25, 0.3) is 0 Å². The van der Waals surface area contributed by atoms with Crippen LogP contribution in [0, 0.1) is 0 Å². The Kier molecular flexibility index (Phi) is 4.78. The summed E-state index contributed by atoms with van der Waals surface area (Å²) < 4.78 is 0. The van der Waals surface area contributed by atoms with Gasteiger partial charge in [-0.1, -0.05) is 24.6 Å². The molecule has 106 valence electrons. The molecule has 2 rings (SSSR count). The second-order valence-electron chi connectivity index (χ2n) is 4.63. The maximum atomic E-state index is 12.5. The van der Waals surface area contributed by atoms with Crippen LogP contribution in [0.1, 0.15) is 40.8 Å². The van der Waals surface area contributed by atoms with E-state index in [2.05, 4.69) is 4.98 Å². The number of halogens is 1. The lowest BCUT2D eigenvalue weighted by atomic mass is 10.1. The number of aryl methyl sites for hydroxylation is 1. The van der Waals surface area contributed by atoms with Gasteiger partial charge in [0.1, 0.15) is 5.15 Å². The number of carbonyl (C=O) groups is 1. The fourth-order valence-corrected chi connectivity index (χ4v) is 3.01. The average molecular weight is 309 g/mol. The minimum atomic E-state index is -0.0371. The molecule has 0 aliphatic rings. The number of thiophene rings is 1. The Morgan fingerprint density at radius 2 is 2.25 bits per heavy atom. The minimum Gasteiger partial charge on any atom is -0.334 e. The van der Waals surface area contributed by atoms with Gasteiger partial charge >= 0.3 is 0 Å². The van der Waals surface area contributed by atoms with Gasteiger partial charge in [0.2, 0.25) is 0 Å². The van der Waals surface area contributed by atoms with Crippen LogP contribution < -0.4 is 0 Å². The van der Waals surface area contributed by atoms with E-state index in [4.69, 9.17) is 11.6 Å². The maximum absolute atomic E-state index is 12.5. The third kappa shape index (κ3) is 3.19. The molecule has 3 nitrogen and oxygen atoms in total. The molecule has 20 heavy (non-hydrogen) atoms. The molecule has 0 aliphatic carbocycles. The number of pyridine rings is 1. The van der Waals surface area contributed by atoms with Crippen molar-refractivity contribution in [2.45, 2.75) is 26.3 Å². The van der Waals surface area contributed by atoms with Gasteiger partial charge in [-0.25, -0.2) is 4.98 Å². The highest BCUT2D eigenvalue weighted by molar-refractivity contribution is 7.10. The average Bonchev–Trinajstić information content (AvgIpc) is 2.98. The lowest BCUT2D eigenvalue weighted by molar-refractivity contribution is 0.0744. The molecule has 0 N–H and O–H groups in total. The van der Waals surface area contributed by atoms with Crippen molar-refractivity contribution < 1.29 is 4.79 Å². The van der Waals surface area contributed by atoms with E-state index in [1.165, 1.54) is 0 Å². The van der Waals surface area contributed by atoms with Crippen molar-refractivity contribution in [1.29, 1.82) is 0 Å². The van der Waals surface area contributed by atoms with E-state index in [1.54, 1.807) is 22.3 Å². The molecule has 0 fully saturated rings. The van der Waals surface area contributed by atoms with E-state index in [0.717, 1.165) is 17.0 Å². The summed E-state index contributed by atoms with van der Waals surface area (Å²) in [6.07, 6.45) is 0.755. The molecule has 0 bridgehead atoms. The van der Waals surface area contributed by atoms with Crippen molar-refractivity contribution in [2.75, 3.05) is 7.05 Å². The summed E-state index contributed by atoms with van der Waals surface area (Å²) in [5.41, 5.74) is 1.42. The molecule has 0 radical (unpaired) electrons. The van der Waals surface area contributed by atoms with Gasteiger partial charge in [0, 0.05) is 23.2 Å². The van der Waals surface area contributed by atoms with Crippen LogP contribution in [0.15, 0.2) is 29.6 Å². The van der Waals surface area contributed by atoms with E-state index >= 15 is 0 Å². The molecule has 2 aromatic heterocycles. The first-order chi connectivity index (χ1) is 9.52. The Morgan fingerprint density at radius 3 is 2.85 bits per heavy atom. The molecule has 1 unspecified atom stereocenters. The number of rotatable bonds is 4. The highest BCUT2D eigenvalue weighted by Gasteiger charge is 2.20. The standard InChI is InChI=1S/C15H17ClN2OS/c1-4-12-8-11(9-14(16)17-12)15(19)18(3)10(2)13-6-5-7-20-13/h5-10H,4H2,1-3H3. The van der Waals surface area contributed by atoms with Gasteiger partial charge < -0.3 is 4.90 Å². The zero-order valence-corrected chi connectivity index (χ0v) is 13.3. The first-order valence-corrected chi connectivity index (χ1v) is 7.75. The number of carbonyl (C=O) groups excluding carboxylic acids is 1. The lowest BCUT2D eigenvalue weighted by Crippen LogP contribution is -2.29. The molecule has 1 atom stereocenters. The molecule has 0 saturated carbocycles. The van der Waals surface area contributed by atoms with Crippen molar-refractivity contribution in [3.63, 3.8) is 0 Å². The Bertz CT molecular complexity index is 598. The Balaban J connectivity index is 2.24. The number of nitrogens with zero attached hydrogens (tertiary/aromatic N) is 2. The van der Waals surface area contributed by atoms with Crippen molar-refractivity contribution in [3.05, 3.63) is 50.9 Å². The smallest absolute Gasteiger partial charge is 0.254 e. The quantitative estimate of drug-likeness (QED) is 0.793. The fraction of sp³-hybridized carbons (Fsp3) is 0.333. The van der Waals surface area contributed by atoms with Crippen molar-refractivity contribution in [1.82, 2.24) is 9.88 Å². The van der Waals surface area contributed by atoms with E-state index < -0.39 is 0 Å². The van der Waals surface area contributed by atoms with Crippen LogP contribution in [0.2, 0.25) is 5.15 Å². The maximum Gasteiger partial charge on any atom is 0.254 e. The normalized spacial score (nSPS) is 12.2. The van der Waals surface area contributed by atoms with Gasteiger partial charge in [-0.3, -0.25) is 4.79 Å². The highest BCUT2D eigenvalue weighted by Crippen LogP contribution is 2.25. The monoisotopic (exact) mass is 308 g/mol. The Labute approximate surface area is 128 Å². The first kappa shape index (κ1) is 15.0. The van der Waals surface area contributed by atoms with Gasteiger partial charge in [-0.05, 0) is 36.9 Å².